The average Bonchev–Trinajstić information content (AvgIpc) is 2.22. The number of carbonyl (C=O) groups is 1. The highest BCUT2D eigenvalue weighted by molar-refractivity contribution is 9.10. The van der Waals surface area contributed by atoms with Crippen molar-refractivity contribution in [3.63, 3.8) is 0 Å². The average molecular weight is 367 g/mol. The molecule has 1 rings (SSSR count). The number of ether oxygens (including phenoxy) is 1. The molecule has 1 N–H and O–H groups in total. The first-order valence-electron chi connectivity index (χ1n) is 4.76. The van der Waals surface area contributed by atoms with Crippen molar-refractivity contribution in [3.8, 4) is 5.75 Å². The molecule has 112 valence electrons. The summed E-state index contributed by atoms with van der Waals surface area (Å²) in [5.74, 6) is -2.16. The van der Waals surface area contributed by atoms with Crippen molar-refractivity contribution in [3.05, 3.63) is 28.2 Å². The molecule has 20 heavy (non-hydrogen) atoms. The Morgan fingerprint density at radius 2 is 1.65 bits per heavy atom. The Morgan fingerprint density at radius 3 is 2.00 bits per heavy atom. The van der Waals surface area contributed by atoms with Gasteiger partial charge in [-0.2, -0.15) is 26.3 Å². The molecule has 0 aromatic heterocycles. The number of carboxylic acids is 1. The maximum absolute atomic E-state index is 12.3. The van der Waals surface area contributed by atoms with Gasteiger partial charge in [0.25, 0.3) is 6.10 Å². The molecule has 0 aliphatic carbocycles. The van der Waals surface area contributed by atoms with Gasteiger partial charge in [0, 0.05) is 4.47 Å². The topological polar surface area (TPSA) is 46.5 Å². The van der Waals surface area contributed by atoms with Crippen molar-refractivity contribution in [2.24, 2.45) is 0 Å². The monoisotopic (exact) mass is 366 g/mol. The number of halogens is 7. The molecule has 0 amide bonds. The van der Waals surface area contributed by atoms with Gasteiger partial charge in [-0.1, -0.05) is 0 Å². The third kappa shape index (κ3) is 4.02. The summed E-state index contributed by atoms with van der Waals surface area (Å²) in [5.41, 5.74) is -0.326. The van der Waals surface area contributed by atoms with Crippen LogP contribution in [0.3, 0.4) is 0 Å². The predicted octanol–water partition coefficient (Wildman–Crippen LogP) is 4.02. The van der Waals surface area contributed by atoms with Gasteiger partial charge in [-0.25, -0.2) is 4.79 Å². The van der Waals surface area contributed by atoms with E-state index in [-0.39, 0.29) is 10.0 Å². The summed E-state index contributed by atoms with van der Waals surface area (Å²) in [6.45, 7) is 0. The van der Waals surface area contributed by atoms with Crippen molar-refractivity contribution in [2.45, 2.75) is 18.5 Å². The number of benzene rings is 1. The first kappa shape index (κ1) is 16.6. The first-order chi connectivity index (χ1) is 8.93. The van der Waals surface area contributed by atoms with Crippen molar-refractivity contribution >= 4 is 21.9 Å². The Balaban J connectivity index is 3.08. The summed E-state index contributed by atoms with van der Waals surface area (Å²) < 4.78 is 77.2. The lowest BCUT2D eigenvalue weighted by Gasteiger charge is -2.24. The quantitative estimate of drug-likeness (QED) is 0.822. The fourth-order valence-electron chi connectivity index (χ4n) is 1.20. The fraction of sp³-hybridized carbons (Fsp3) is 0.300. The van der Waals surface area contributed by atoms with Gasteiger partial charge in [0.05, 0.1) is 5.56 Å². The van der Waals surface area contributed by atoms with Crippen LogP contribution in [-0.4, -0.2) is 29.5 Å². The predicted molar refractivity (Wildman–Crippen MR) is 57.6 cm³/mol. The SMILES string of the molecule is O=C(O)c1ccc(OC(C(F)(F)F)C(F)(F)F)cc1Br. The molecule has 1 aromatic carbocycles. The maximum Gasteiger partial charge on any atom is 0.434 e. The van der Waals surface area contributed by atoms with Gasteiger partial charge in [0.2, 0.25) is 0 Å². The molecule has 10 heteroatoms. The second-order valence-electron chi connectivity index (χ2n) is 3.53. The van der Waals surface area contributed by atoms with E-state index in [0.717, 1.165) is 6.07 Å². The summed E-state index contributed by atoms with van der Waals surface area (Å²) in [5, 5.41) is 8.67. The minimum Gasteiger partial charge on any atom is -0.478 e. The molecule has 0 saturated heterocycles. The van der Waals surface area contributed by atoms with E-state index in [1.165, 1.54) is 0 Å². The number of aromatic carboxylic acids is 1. The summed E-state index contributed by atoms with van der Waals surface area (Å²) >= 11 is 2.72. The molecular weight excluding hydrogens is 362 g/mol. The van der Waals surface area contributed by atoms with E-state index >= 15 is 0 Å². The van der Waals surface area contributed by atoms with Gasteiger partial charge in [0.1, 0.15) is 5.75 Å². The molecule has 3 nitrogen and oxygen atoms in total. The minimum atomic E-state index is -5.64. The van der Waals surface area contributed by atoms with Crippen LogP contribution in [0.25, 0.3) is 0 Å². The summed E-state index contributed by atoms with van der Waals surface area (Å²) in [7, 11) is 0. The molecule has 0 fully saturated rings. The van der Waals surface area contributed by atoms with Crippen molar-refractivity contribution in [1.29, 1.82) is 0 Å². The van der Waals surface area contributed by atoms with E-state index in [9.17, 15) is 31.1 Å². The molecule has 0 radical (unpaired) electrons. The van der Waals surface area contributed by atoms with Crippen LogP contribution in [0.15, 0.2) is 22.7 Å². The smallest absolute Gasteiger partial charge is 0.434 e. The van der Waals surface area contributed by atoms with Crippen molar-refractivity contribution < 1.29 is 41.0 Å². The normalized spacial score (nSPS) is 12.6. The minimum absolute atomic E-state index is 0.203. The third-order valence-electron chi connectivity index (χ3n) is 2.02. The molecule has 0 bridgehead atoms. The Kier molecular flexibility index (Phi) is 4.57. The zero-order chi connectivity index (χ0) is 15.7. The Labute approximate surface area is 116 Å². The molecular formula is C10H5BrF6O3. The highest BCUT2D eigenvalue weighted by Gasteiger charge is 2.59. The van der Waals surface area contributed by atoms with E-state index in [1.807, 2.05) is 0 Å². The molecule has 0 spiro atoms. The van der Waals surface area contributed by atoms with E-state index in [1.54, 1.807) is 0 Å². The van der Waals surface area contributed by atoms with Crippen LogP contribution in [0.1, 0.15) is 10.4 Å². The highest BCUT2D eigenvalue weighted by Crippen LogP contribution is 2.37. The van der Waals surface area contributed by atoms with Gasteiger partial charge in [-0.15, -0.1) is 0 Å². The Hall–Kier alpha value is -1.45. The second kappa shape index (κ2) is 5.51. The van der Waals surface area contributed by atoms with Crippen LogP contribution in [0, 0.1) is 0 Å². The van der Waals surface area contributed by atoms with Crippen LogP contribution < -0.4 is 4.74 Å². The summed E-state index contributed by atoms with van der Waals surface area (Å²) in [6.07, 6.45) is -15.3. The molecule has 0 saturated carbocycles. The number of hydrogen-bond donors (Lipinski definition) is 1. The van der Waals surface area contributed by atoms with Crippen molar-refractivity contribution in [1.82, 2.24) is 0 Å². The van der Waals surface area contributed by atoms with Crippen LogP contribution >= 0.6 is 15.9 Å². The van der Waals surface area contributed by atoms with Crippen LogP contribution in [0.5, 0.6) is 5.75 Å². The third-order valence-corrected chi connectivity index (χ3v) is 2.68. The molecule has 0 heterocycles. The van der Waals surface area contributed by atoms with Gasteiger partial charge in [-0.05, 0) is 34.1 Å². The van der Waals surface area contributed by atoms with E-state index in [4.69, 9.17) is 5.11 Å². The largest absolute Gasteiger partial charge is 0.478 e. The number of rotatable bonds is 3. The van der Waals surface area contributed by atoms with E-state index in [2.05, 4.69) is 20.7 Å². The first-order valence-corrected chi connectivity index (χ1v) is 5.55. The molecule has 0 aliphatic rings. The summed E-state index contributed by atoms with van der Waals surface area (Å²) in [6, 6.07) is 2.25. The summed E-state index contributed by atoms with van der Waals surface area (Å²) in [4.78, 5) is 10.6. The zero-order valence-corrected chi connectivity index (χ0v) is 10.8. The Morgan fingerprint density at radius 1 is 1.15 bits per heavy atom. The van der Waals surface area contributed by atoms with Gasteiger partial charge in [-0.3, -0.25) is 0 Å². The zero-order valence-electron chi connectivity index (χ0n) is 9.22. The molecule has 0 unspecified atom stereocenters. The van der Waals surface area contributed by atoms with Gasteiger partial charge >= 0.3 is 18.3 Å². The lowest BCUT2D eigenvalue weighted by Crippen LogP contribution is -2.46. The molecule has 0 aliphatic heterocycles. The van der Waals surface area contributed by atoms with Crippen LogP contribution in [0.2, 0.25) is 0 Å². The van der Waals surface area contributed by atoms with Gasteiger partial charge in [0.15, 0.2) is 0 Å². The fourth-order valence-corrected chi connectivity index (χ4v) is 1.73. The second-order valence-corrected chi connectivity index (χ2v) is 4.38. The van der Waals surface area contributed by atoms with E-state index < -0.39 is 30.2 Å². The van der Waals surface area contributed by atoms with Gasteiger partial charge < -0.3 is 9.84 Å². The van der Waals surface area contributed by atoms with Crippen LogP contribution in [0.4, 0.5) is 26.3 Å². The molecule has 1 aromatic rings. The van der Waals surface area contributed by atoms with Crippen molar-refractivity contribution in [2.75, 3.05) is 0 Å². The van der Waals surface area contributed by atoms with E-state index in [0.29, 0.717) is 12.1 Å². The highest BCUT2D eigenvalue weighted by atomic mass is 79.9. The Bertz CT molecular complexity index is 497. The van der Waals surface area contributed by atoms with Crippen LogP contribution in [-0.2, 0) is 0 Å². The standard InChI is InChI=1S/C10H5BrF6O3/c11-6-3-4(1-2-5(6)7(18)19)20-8(9(12,13)14)10(15,16)17/h1-3,8H,(H,18,19). The number of hydrogen-bond acceptors (Lipinski definition) is 2. The molecule has 0 atom stereocenters. The number of carboxylic acid groups (broad SMARTS) is 1. The number of alkyl halides is 6. The maximum atomic E-state index is 12.3. The lowest BCUT2D eigenvalue weighted by atomic mass is 10.2. The lowest BCUT2D eigenvalue weighted by molar-refractivity contribution is -0.299.